The molecule has 0 spiro atoms. The number of non-ortho nitro benzene ring substituents is 1. The maximum Gasteiger partial charge on any atom is 0.269 e. The third-order valence-corrected chi connectivity index (χ3v) is 5.00. The number of rotatable bonds is 7. The van der Waals surface area contributed by atoms with Gasteiger partial charge in [0.1, 0.15) is 6.29 Å². The summed E-state index contributed by atoms with van der Waals surface area (Å²) in [6.45, 7) is 5.40. The lowest BCUT2D eigenvalue weighted by atomic mass is 10.0. The second-order valence-electron chi connectivity index (χ2n) is 5.41. The maximum atomic E-state index is 12.5. The number of hydrogen-bond acceptors (Lipinski definition) is 5. The summed E-state index contributed by atoms with van der Waals surface area (Å²) in [4.78, 5) is 21.3. The Hall–Kier alpha value is -2.84. The third-order valence-electron chi connectivity index (χ3n) is 3.56. The predicted octanol–water partition coefficient (Wildman–Crippen LogP) is 2.68. The Balaban J connectivity index is 2.38. The highest BCUT2D eigenvalue weighted by Gasteiger charge is 2.24. The number of sulfonamides is 1. The molecule has 130 valence electrons. The van der Waals surface area contributed by atoms with E-state index in [1.165, 1.54) is 36.4 Å². The van der Waals surface area contributed by atoms with Crippen LogP contribution in [-0.2, 0) is 14.8 Å². The summed E-state index contributed by atoms with van der Waals surface area (Å²) in [7, 11) is -3.91. The Bertz CT molecular complexity index is 903. The highest BCUT2D eigenvalue weighted by Crippen LogP contribution is 2.24. The van der Waals surface area contributed by atoms with Gasteiger partial charge in [0.25, 0.3) is 5.69 Å². The van der Waals surface area contributed by atoms with Crippen molar-refractivity contribution in [1.82, 2.24) is 4.72 Å². The summed E-state index contributed by atoms with van der Waals surface area (Å²) in [6, 6.07) is 10.4. The molecule has 0 unspecified atom stereocenters. The van der Waals surface area contributed by atoms with Crippen LogP contribution in [0.25, 0.3) is 0 Å². The molecule has 0 saturated heterocycles. The minimum Gasteiger partial charge on any atom is -0.298 e. The first-order valence-corrected chi connectivity index (χ1v) is 8.70. The number of benzene rings is 2. The summed E-state index contributed by atoms with van der Waals surface area (Å²) in [6.07, 6.45) is 0.448. The van der Waals surface area contributed by atoms with Gasteiger partial charge in [-0.1, -0.05) is 36.4 Å². The molecule has 2 aromatic carbocycles. The van der Waals surface area contributed by atoms with E-state index in [0.717, 1.165) is 5.56 Å². The highest BCUT2D eigenvalue weighted by atomic mass is 32.2. The number of nitrogens with one attached hydrogen (secondary N) is 1. The number of aryl methyl sites for hydroxylation is 1. The number of carbonyl (C=O) groups is 1. The van der Waals surface area contributed by atoms with E-state index in [1.54, 1.807) is 12.1 Å². The van der Waals surface area contributed by atoms with Gasteiger partial charge in [-0.3, -0.25) is 14.9 Å². The van der Waals surface area contributed by atoms with Crippen molar-refractivity contribution in [2.75, 3.05) is 0 Å². The number of nitro benzene ring substituents is 1. The molecule has 0 saturated carbocycles. The van der Waals surface area contributed by atoms with Crippen LogP contribution in [0.3, 0.4) is 0 Å². The summed E-state index contributed by atoms with van der Waals surface area (Å²) in [5.41, 5.74) is 1.13. The highest BCUT2D eigenvalue weighted by molar-refractivity contribution is 7.89. The van der Waals surface area contributed by atoms with Crippen molar-refractivity contribution in [3.63, 3.8) is 0 Å². The van der Waals surface area contributed by atoms with Gasteiger partial charge in [0.05, 0.1) is 15.9 Å². The smallest absolute Gasteiger partial charge is 0.269 e. The minimum absolute atomic E-state index is 0.00969. The van der Waals surface area contributed by atoms with Crippen LogP contribution in [0, 0.1) is 17.0 Å². The lowest BCUT2D eigenvalue weighted by Crippen LogP contribution is -2.30. The average molecular weight is 360 g/mol. The van der Waals surface area contributed by atoms with Crippen molar-refractivity contribution in [1.29, 1.82) is 0 Å². The zero-order chi connectivity index (χ0) is 18.6. The van der Waals surface area contributed by atoms with Crippen molar-refractivity contribution < 1.29 is 18.1 Å². The Morgan fingerprint density at radius 1 is 1.16 bits per heavy atom. The SMILES string of the molecule is C=C(C=O)[C@H](NS(=O)(=O)c1ccc(C)cc1)c1ccc([N+](=O)[O-])cc1. The van der Waals surface area contributed by atoms with Crippen LogP contribution in [0.2, 0.25) is 0 Å². The molecule has 0 amide bonds. The molecule has 1 atom stereocenters. The van der Waals surface area contributed by atoms with Crippen LogP contribution in [0.15, 0.2) is 65.6 Å². The summed E-state index contributed by atoms with van der Waals surface area (Å²) >= 11 is 0. The van der Waals surface area contributed by atoms with Gasteiger partial charge in [0.15, 0.2) is 0 Å². The molecule has 0 aliphatic heterocycles. The first-order chi connectivity index (χ1) is 11.7. The quantitative estimate of drug-likeness (QED) is 0.354. The molecule has 0 aliphatic rings. The largest absolute Gasteiger partial charge is 0.298 e. The second kappa shape index (κ2) is 7.37. The molecule has 0 heterocycles. The molecule has 1 N–H and O–H groups in total. The number of hydrogen-bond donors (Lipinski definition) is 1. The Kier molecular flexibility index (Phi) is 5.45. The van der Waals surface area contributed by atoms with Crippen LogP contribution >= 0.6 is 0 Å². The summed E-state index contributed by atoms with van der Waals surface area (Å²) in [5.74, 6) is 0. The lowest BCUT2D eigenvalue weighted by Gasteiger charge is -2.18. The van der Waals surface area contributed by atoms with Crippen molar-refractivity contribution in [2.24, 2.45) is 0 Å². The van der Waals surface area contributed by atoms with Crippen LogP contribution in [0.4, 0.5) is 5.69 Å². The first kappa shape index (κ1) is 18.5. The second-order valence-corrected chi connectivity index (χ2v) is 7.12. The Morgan fingerprint density at radius 3 is 2.20 bits per heavy atom. The van der Waals surface area contributed by atoms with Gasteiger partial charge in [0.2, 0.25) is 10.0 Å². The summed E-state index contributed by atoms with van der Waals surface area (Å²) < 4.78 is 27.5. The first-order valence-electron chi connectivity index (χ1n) is 7.22. The van der Waals surface area contributed by atoms with E-state index in [9.17, 15) is 23.3 Å². The molecule has 0 bridgehead atoms. The molecule has 25 heavy (non-hydrogen) atoms. The topological polar surface area (TPSA) is 106 Å². The van der Waals surface area contributed by atoms with E-state index in [2.05, 4.69) is 11.3 Å². The van der Waals surface area contributed by atoms with E-state index in [4.69, 9.17) is 0 Å². The maximum absolute atomic E-state index is 12.5. The standard InChI is InChI=1S/C17H16N2O5S/c1-12-3-9-16(10-4-12)25(23,24)18-17(13(2)11-20)14-5-7-15(8-6-14)19(21)22/h3-11,17-18H,2H2,1H3/t17-/m0/s1. The minimum atomic E-state index is -3.91. The molecule has 0 aromatic heterocycles. The zero-order valence-corrected chi connectivity index (χ0v) is 14.2. The van der Waals surface area contributed by atoms with Crippen LogP contribution in [0.5, 0.6) is 0 Å². The summed E-state index contributed by atoms with van der Waals surface area (Å²) in [5, 5.41) is 10.7. The predicted molar refractivity (Wildman–Crippen MR) is 92.5 cm³/mol. The van der Waals surface area contributed by atoms with Gasteiger partial charge in [-0.05, 0) is 24.6 Å². The molecule has 0 radical (unpaired) electrons. The van der Waals surface area contributed by atoms with Gasteiger partial charge in [0, 0.05) is 17.7 Å². The number of carbonyl (C=O) groups excluding carboxylic acids is 1. The van der Waals surface area contributed by atoms with Gasteiger partial charge in [-0.2, -0.15) is 4.72 Å². The molecule has 2 aromatic rings. The molecule has 8 heteroatoms. The number of nitrogens with zero attached hydrogens (tertiary/aromatic N) is 1. The van der Waals surface area contributed by atoms with Crippen molar-refractivity contribution in [3.8, 4) is 0 Å². The van der Waals surface area contributed by atoms with Gasteiger partial charge in [-0.25, -0.2) is 8.42 Å². The number of aldehydes is 1. The molecular weight excluding hydrogens is 344 g/mol. The molecular formula is C17H16N2O5S. The van der Waals surface area contributed by atoms with Crippen LogP contribution in [0.1, 0.15) is 17.2 Å². The Morgan fingerprint density at radius 2 is 1.72 bits per heavy atom. The van der Waals surface area contributed by atoms with E-state index in [0.29, 0.717) is 11.8 Å². The molecule has 7 nitrogen and oxygen atoms in total. The molecule has 0 fully saturated rings. The van der Waals surface area contributed by atoms with Gasteiger partial charge < -0.3 is 0 Å². The van der Waals surface area contributed by atoms with E-state index < -0.39 is 21.0 Å². The monoisotopic (exact) mass is 360 g/mol. The van der Waals surface area contributed by atoms with Gasteiger partial charge >= 0.3 is 0 Å². The van der Waals surface area contributed by atoms with Crippen molar-refractivity contribution in [3.05, 3.63) is 81.9 Å². The molecule has 2 rings (SSSR count). The fourth-order valence-electron chi connectivity index (χ4n) is 2.15. The fraction of sp³-hybridized carbons (Fsp3) is 0.118. The normalized spacial score (nSPS) is 12.4. The zero-order valence-electron chi connectivity index (χ0n) is 13.4. The van der Waals surface area contributed by atoms with E-state index in [-0.39, 0.29) is 16.2 Å². The lowest BCUT2D eigenvalue weighted by molar-refractivity contribution is -0.384. The third kappa shape index (κ3) is 4.37. The van der Waals surface area contributed by atoms with E-state index >= 15 is 0 Å². The van der Waals surface area contributed by atoms with Gasteiger partial charge in [-0.15, -0.1) is 0 Å². The fourth-order valence-corrected chi connectivity index (χ4v) is 3.38. The van der Waals surface area contributed by atoms with Crippen LogP contribution in [-0.4, -0.2) is 19.6 Å². The van der Waals surface area contributed by atoms with Crippen LogP contribution < -0.4 is 4.72 Å². The Labute approximate surface area is 145 Å². The number of nitro groups is 1. The van der Waals surface area contributed by atoms with Crippen molar-refractivity contribution in [2.45, 2.75) is 17.9 Å². The molecule has 0 aliphatic carbocycles. The van der Waals surface area contributed by atoms with Crippen molar-refractivity contribution >= 4 is 22.0 Å². The van der Waals surface area contributed by atoms with E-state index in [1.807, 2.05) is 6.92 Å². The average Bonchev–Trinajstić information content (AvgIpc) is 2.59.